The summed E-state index contributed by atoms with van der Waals surface area (Å²) in [5.74, 6) is 13.3. The number of ketones is 1. The number of hydrogen-bond donors (Lipinski definition) is 1. The van der Waals surface area contributed by atoms with Crippen molar-refractivity contribution in [3.05, 3.63) is 35.1 Å². The fourth-order valence-corrected chi connectivity index (χ4v) is 5.53. The van der Waals surface area contributed by atoms with E-state index < -0.39 is 13.9 Å². The minimum absolute atomic E-state index is 0.00763. The van der Waals surface area contributed by atoms with Gasteiger partial charge in [0.1, 0.15) is 0 Å². The van der Waals surface area contributed by atoms with Crippen LogP contribution < -0.4 is 5.73 Å². The van der Waals surface area contributed by atoms with Crippen LogP contribution in [0.5, 0.6) is 0 Å². The third-order valence-electron chi connectivity index (χ3n) is 5.51. The molecule has 3 nitrogen and oxygen atoms in total. The molecule has 136 valence electrons. The third kappa shape index (κ3) is 3.20. The summed E-state index contributed by atoms with van der Waals surface area (Å²) in [5.41, 5.74) is 7.40. The smallest absolute Gasteiger partial charge is 0.194 e. The second-order valence-electron chi connectivity index (χ2n) is 8.34. The number of Topliss-reactive ketones (excluding diaryl/α,β-unsaturated/α-hetero) is 1. The first-order chi connectivity index (χ1) is 12.1. The fraction of sp³-hybridized carbons (Fsp3) is 0.476. The molecule has 2 aliphatic carbocycles. The summed E-state index contributed by atoms with van der Waals surface area (Å²) >= 11 is 1.69. The molecule has 0 radical (unpaired) electrons. The highest BCUT2D eigenvalue weighted by Crippen LogP contribution is 2.48. The molecule has 0 saturated carbocycles. The van der Waals surface area contributed by atoms with E-state index in [4.69, 9.17) is 10.2 Å². The van der Waals surface area contributed by atoms with Crippen LogP contribution in [-0.2, 0) is 9.22 Å². The quantitative estimate of drug-likeness (QED) is 0.585. The van der Waals surface area contributed by atoms with E-state index in [-0.39, 0.29) is 22.5 Å². The van der Waals surface area contributed by atoms with Crippen LogP contribution in [0.15, 0.2) is 35.1 Å². The van der Waals surface area contributed by atoms with Crippen molar-refractivity contribution in [3.8, 4) is 23.7 Å². The Bertz CT molecular complexity index is 868. The number of carbonyl (C=O) groups excluding carboxylic acids is 1. The van der Waals surface area contributed by atoms with Crippen molar-refractivity contribution >= 4 is 25.9 Å². The molecule has 1 heterocycles. The van der Waals surface area contributed by atoms with Gasteiger partial charge in [0, 0.05) is 11.3 Å². The summed E-state index contributed by atoms with van der Waals surface area (Å²) in [5, 5.41) is -0.112. The van der Waals surface area contributed by atoms with Gasteiger partial charge < -0.3 is 10.2 Å². The third-order valence-corrected chi connectivity index (χ3v) is 11.0. The first-order valence-electron chi connectivity index (χ1n) is 8.82. The van der Waals surface area contributed by atoms with E-state index in [0.717, 1.165) is 16.9 Å². The highest BCUT2D eigenvalue weighted by atomic mass is 32.2. The normalized spacial score (nSPS) is 29.0. The van der Waals surface area contributed by atoms with Crippen molar-refractivity contribution in [2.45, 2.75) is 56.2 Å². The molecule has 1 aliphatic heterocycles. The number of carbonyl (C=O) groups is 1. The highest BCUT2D eigenvalue weighted by Gasteiger charge is 2.51. The Morgan fingerprint density at radius 2 is 2.00 bits per heavy atom. The van der Waals surface area contributed by atoms with Gasteiger partial charge in [-0.3, -0.25) is 4.79 Å². The average molecular weight is 384 g/mol. The largest absolute Gasteiger partial charge is 0.397 e. The molecule has 0 amide bonds. The second kappa shape index (κ2) is 6.50. The van der Waals surface area contributed by atoms with Crippen molar-refractivity contribution in [2.75, 3.05) is 5.75 Å². The maximum Gasteiger partial charge on any atom is 0.194 e. The summed E-state index contributed by atoms with van der Waals surface area (Å²) in [6.45, 7) is 11.0. The summed E-state index contributed by atoms with van der Waals surface area (Å²) in [6.07, 6.45) is 5.80. The molecular weight excluding hydrogens is 358 g/mol. The van der Waals surface area contributed by atoms with Crippen LogP contribution in [0.3, 0.4) is 0 Å². The van der Waals surface area contributed by atoms with Gasteiger partial charge in [-0.1, -0.05) is 50.5 Å². The first-order valence-corrected chi connectivity index (χ1v) is 12.8. The minimum Gasteiger partial charge on any atom is -0.397 e. The Morgan fingerprint density at radius 1 is 1.31 bits per heavy atom. The second-order valence-corrected chi connectivity index (χ2v) is 14.2. The molecular formula is C21H25NO2SSi. The number of hydrogen-bond acceptors (Lipinski definition) is 4. The molecule has 3 rings (SSSR count). The van der Waals surface area contributed by atoms with Gasteiger partial charge in [0.05, 0.1) is 17.4 Å². The lowest BCUT2D eigenvalue weighted by atomic mass is 9.76. The van der Waals surface area contributed by atoms with Crippen LogP contribution in [0.25, 0.3) is 0 Å². The predicted molar refractivity (Wildman–Crippen MR) is 111 cm³/mol. The summed E-state index contributed by atoms with van der Waals surface area (Å²) in [6, 6.07) is 0. The van der Waals surface area contributed by atoms with Crippen molar-refractivity contribution in [3.63, 3.8) is 0 Å². The van der Waals surface area contributed by atoms with E-state index >= 15 is 0 Å². The molecule has 0 fully saturated rings. The number of thioether (sulfide) groups is 1. The molecule has 0 aromatic rings. The average Bonchev–Trinajstić information content (AvgIpc) is 2.53. The molecule has 3 aliphatic rings. The standard InChI is InChI=1S/C21H25NO2SSi/c1-20(2,3)26(4,5)24-21-12-9-7-6-8-10-17-18(15(21)11-13-25-17)19(22)16(23)14-21/h6-7,11,17H,13-14,22H2,1-5H3/b7-6-/t17-,21-/m0/s1. The number of rotatable bonds is 2. The Labute approximate surface area is 161 Å². The number of allylic oxidation sites excluding steroid dienone is 3. The van der Waals surface area contributed by atoms with Crippen molar-refractivity contribution in [1.82, 2.24) is 0 Å². The van der Waals surface area contributed by atoms with Gasteiger partial charge >= 0.3 is 0 Å². The van der Waals surface area contributed by atoms with E-state index in [1.807, 2.05) is 0 Å². The summed E-state index contributed by atoms with van der Waals surface area (Å²) in [7, 11) is -2.18. The van der Waals surface area contributed by atoms with E-state index in [0.29, 0.717) is 5.70 Å². The summed E-state index contributed by atoms with van der Waals surface area (Å²) in [4.78, 5) is 12.8. The Morgan fingerprint density at radius 3 is 2.69 bits per heavy atom. The lowest BCUT2D eigenvalue weighted by Crippen LogP contribution is -2.54. The van der Waals surface area contributed by atoms with Crippen LogP contribution in [0.1, 0.15) is 27.2 Å². The maximum atomic E-state index is 12.8. The minimum atomic E-state index is -2.18. The van der Waals surface area contributed by atoms with Gasteiger partial charge in [-0.2, -0.15) is 0 Å². The zero-order valence-electron chi connectivity index (χ0n) is 16.0. The van der Waals surface area contributed by atoms with Gasteiger partial charge in [-0.05, 0) is 35.9 Å². The van der Waals surface area contributed by atoms with E-state index in [1.54, 1.807) is 23.9 Å². The SMILES string of the molecule is CC(C)(C)[Si](C)(C)O[C@]12C#C/C=C\C#C[C@@H]3SCC=C1C3=C(N)C(=O)C2. The van der Waals surface area contributed by atoms with E-state index in [9.17, 15) is 4.79 Å². The van der Waals surface area contributed by atoms with Gasteiger partial charge in [0.25, 0.3) is 0 Å². The molecule has 0 saturated heterocycles. The van der Waals surface area contributed by atoms with Crippen LogP contribution >= 0.6 is 11.8 Å². The van der Waals surface area contributed by atoms with Gasteiger partial charge in [0.15, 0.2) is 19.7 Å². The van der Waals surface area contributed by atoms with Crippen LogP contribution in [0.4, 0.5) is 0 Å². The molecule has 0 spiro atoms. The first kappa shape index (κ1) is 19.1. The Kier molecular flexibility index (Phi) is 4.77. The monoisotopic (exact) mass is 383 g/mol. The zero-order valence-corrected chi connectivity index (χ0v) is 17.8. The van der Waals surface area contributed by atoms with E-state index in [1.165, 1.54) is 0 Å². The predicted octanol–water partition coefficient (Wildman–Crippen LogP) is 3.55. The van der Waals surface area contributed by atoms with Crippen LogP contribution in [0, 0.1) is 23.7 Å². The van der Waals surface area contributed by atoms with E-state index in [2.05, 4.69) is 63.6 Å². The molecule has 0 unspecified atom stereocenters. The number of nitrogens with two attached hydrogens (primary N) is 1. The molecule has 4 bridgehead atoms. The van der Waals surface area contributed by atoms with Gasteiger partial charge in [0.2, 0.25) is 0 Å². The topological polar surface area (TPSA) is 52.3 Å². The van der Waals surface area contributed by atoms with Gasteiger partial charge in [-0.15, -0.1) is 11.8 Å². The fourth-order valence-electron chi connectivity index (χ4n) is 3.09. The molecule has 0 aromatic heterocycles. The Balaban J connectivity index is 2.24. The van der Waals surface area contributed by atoms with Crippen molar-refractivity contribution in [1.29, 1.82) is 0 Å². The maximum absolute atomic E-state index is 12.8. The molecule has 26 heavy (non-hydrogen) atoms. The molecule has 0 aromatic carbocycles. The van der Waals surface area contributed by atoms with Crippen LogP contribution in [0.2, 0.25) is 18.1 Å². The highest BCUT2D eigenvalue weighted by molar-refractivity contribution is 8.00. The van der Waals surface area contributed by atoms with Crippen molar-refractivity contribution < 1.29 is 9.22 Å². The molecule has 5 heteroatoms. The Hall–Kier alpha value is -1.66. The summed E-state index contributed by atoms with van der Waals surface area (Å²) < 4.78 is 6.83. The van der Waals surface area contributed by atoms with Crippen molar-refractivity contribution in [2.24, 2.45) is 5.73 Å². The van der Waals surface area contributed by atoms with Crippen LogP contribution in [-0.4, -0.2) is 30.7 Å². The molecule has 2 N–H and O–H groups in total. The van der Waals surface area contributed by atoms with Gasteiger partial charge in [-0.25, -0.2) is 0 Å². The zero-order chi connectivity index (χ0) is 19.2. The lowest BCUT2D eigenvalue weighted by molar-refractivity contribution is -0.118. The molecule has 2 atom stereocenters. The lowest BCUT2D eigenvalue weighted by Gasteiger charge is -2.47.